The van der Waals surface area contributed by atoms with Crippen molar-refractivity contribution < 1.29 is 15.1 Å². The third-order valence-corrected chi connectivity index (χ3v) is 2.84. The number of benzene rings is 2. The van der Waals surface area contributed by atoms with Crippen LogP contribution in [-0.4, -0.2) is 15.1 Å². The van der Waals surface area contributed by atoms with Crippen molar-refractivity contribution in [3.8, 4) is 11.5 Å². The van der Waals surface area contributed by atoms with E-state index in [2.05, 4.69) is 5.32 Å². The van der Waals surface area contributed by atoms with Gasteiger partial charge in [-0.15, -0.1) is 0 Å². The standard InChI is InChI=1S/C15H14N2O4/c18-12-6-7-15(19)13(8-12)14(17(20)21)10-16-9-11-4-2-1-3-5-11/h1-8,10,16,18-19H,9H2/b14-10-. The Bertz CT molecular complexity index is 669. The summed E-state index contributed by atoms with van der Waals surface area (Å²) in [5.74, 6) is -0.420. The molecule has 0 bridgehead atoms. The van der Waals surface area contributed by atoms with Gasteiger partial charge in [-0.3, -0.25) is 10.1 Å². The summed E-state index contributed by atoms with van der Waals surface area (Å²) in [7, 11) is 0. The highest BCUT2D eigenvalue weighted by Gasteiger charge is 2.19. The number of phenols is 2. The van der Waals surface area contributed by atoms with Crippen LogP contribution >= 0.6 is 0 Å². The van der Waals surface area contributed by atoms with Gasteiger partial charge in [-0.25, -0.2) is 0 Å². The molecule has 0 aliphatic heterocycles. The van der Waals surface area contributed by atoms with Crippen molar-refractivity contribution >= 4 is 5.70 Å². The average Bonchev–Trinajstić information content (AvgIpc) is 2.47. The van der Waals surface area contributed by atoms with E-state index in [1.807, 2.05) is 30.3 Å². The highest BCUT2D eigenvalue weighted by Crippen LogP contribution is 2.28. The number of phenolic OH excluding ortho intramolecular Hbond substituents is 2. The molecular formula is C15H14N2O4. The number of rotatable bonds is 5. The Morgan fingerprint density at radius 3 is 2.57 bits per heavy atom. The first-order valence-electron chi connectivity index (χ1n) is 6.22. The molecule has 0 amide bonds. The zero-order chi connectivity index (χ0) is 15.2. The minimum Gasteiger partial charge on any atom is -0.508 e. The lowest BCUT2D eigenvalue weighted by atomic mass is 10.1. The average molecular weight is 286 g/mol. The van der Waals surface area contributed by atoms with E-state index in [9.17, 15) is 20.3 Å². The van der Waals surface area contributed by atoms with Gasteiger partial charge in [0.2, 0.25) is 0 Å². The predicted molar refractivity (Wildman–Crippen MR) is 78.0 cm³/mol. The largest absolute Gasteiger partial charge is 0.508 e. The molecule has 2 aromatic carbocycles. The molecule has 0 saturated carbocycles. The van der Waals surface area contributed by atoms with Gasteiger partial charge in [0.05, 0.1) is 16.7 Å². The maximum atomic E-state index is 11.1. The van der Waals surface area contributed by atoms with Crippen LogP contribution in [0.15, 0.2) is 54.7 Å². The molecule has 21 heavy (non-hydrogen) atoms. The van der Waals surface area contributed by atoms with Gasteiger partial charge in [-0.2, -0.15) is 0 Å². The van der Waals surface area contributed by atoms with E-state index in [1.54, 1.807) is 0 Å². The van der Waals surface area contributed by atoms with Crippen LogP contribution < -0.4 is 5.32 Å². The summed E-state index contributed by atoms with van der Waals surface area (Å²) in [5.41, 5.74) is 0.608. The van der Waals surface area contributed by atoms with Crippen LogP contribution in [0, 0.1) is 10.1 Å². The first kappa shape index (κ1) is 14.4. The second-order valence-electron chi connectivity index (χ2n) is 4.35. The van der Waals surface area contributed by atoms with E-state index in [0.29, 0.717) is 6.54 Å². The van der Waals surface area contributed by atoms with Crippen molar-refractivity contribution in [2.24, 2.45) is 0 Å². The molecule has 3 N–H and O–H groups in total. The number of hydrogen-bond donors (Lipinski definition) is 3. The van der Waals surface area contributed by atoms with Crippen LogP contribution in [0.5, 0.6) is 11.5 Å². The van der Waals surface area contributed by atoms with Gasteiger partial charge >= 0.3 is 0 Å². The van der Waals surface area contributed by atoms with Gasteiger partial charge in [0.1, 0.15) is 11.5 Å². The molecule has 0 heterocycles. The highest BCUT2D eigenvalue weighted by molar-refractivity contribution is 5.65. The first-order valence-corrected chi connectivity index (χ1v) is 6.22. The van der Waals surface area contributed by atoms with Crippen LogP contribution in [0.2, 0.25) is 0 Å². The summed E-state index contributed by atoms with van der Waals surface area (Å²) in [6.07, 6.45) is 1.21. The van der Waals surface area contributed by atoms with Crippen molar-refractivity contribution in [1.29, 1.82) is 0 Å². The number of hydrogen-bond acceptors (Lipinski definition) is 5. The molecule has 0 aliphatic carbocycles. The molecular weight excluding hydrogens is 272 g/mol. The Labute approximate surface area is 121 Å². The minimum absolute atomic E-state index is 0.0411. The predicted octanol–water partition coefficient (Wildman–Crippen LogP) is 2.46. The summed E-state index contributed by atoms with van der Waals surface area (Å²) >= 11 is 0. The smallest absolute Gasteiger partial charge is 0.295 e. The molecule has 0 spiro atoms. The quantitative estimate of drug-likeness (QED) is 0.446. The molecule has 0 aromatic heterocycles. The Hall–Kier alpha value is -3.02. The maximum Gasteiger partial charge on any atom is 0.295 e. The lowest BCUT2D eigenvalue weighted by molar-refractivity contribution is -0.375. The van der Waals surface area contributed by atoms with E-state index in [4.69, 9.17) is 0 Å². The van der Waals surface area contributed by atoms with Crippen molar-refractivity contribution in [2.45, 2.75) is 6.54 Å². The molecule has 0 radical (unpaired) electrons. The Morgan fingerprint density at radius 1 is 1.19 bits per heavy atom. The van der Waals surface area contributed by atoms with Gasteiger partial charge in [0.25, 0.3) is 5.70 Å². The molecule has 0 aliphatic rings. The molecule has 0 unspecified atom stereocenters. The molecule has 0 fully saturated rings. The number of aromatic hydroxyl groups is 2. The fourth-order valence-electron chi connectivity index (χ4n) is 1.82. The Balaban J connectivity index is 2.21. The number of nitrogens with one attached hydrogen (secondary N) is 1. The van der Waals surface area contributed by atoms with Crippen molar-refractivity contribution in [3.63, 3.8) is 0 Å². The van der Waals surface area contributed by atoms with E-state index in [0.717, 1.165) is 11.6 Å². The SMILES string of the molecule is O=[N+]([O-])/C(=C\NCc1ccccc1)c1cc(O)ccc1O. The van der Waals surface area contributed by atoms with Crippen LogP contribution in [0.25, 0.3) is 5.70 Å². The Morgan fingerprint density at radius 2 is 1.90 bits per heavy atom. The van der Waals surface area contributed by atoms with Crippen molar-refractivity contribution in [1.82, 2.24) is 5.32 Å². The summed E-state index contributed by atoms with van der Waals surface area (Å²) in [6, 6.07) is 13.0. The number of nitrogens with zero attached hydrogens (tertiary/aromatic N) is 1. The third-order valence-electron chi connectivity index (χ3n) is 2.84. The molecule has 2 rings (SSSR count). The van der Waals surface area contributed by atoms with Crippen LogP contribution in [0.4, 0.5) is 0 Å². The van der Waals surface area contributed by atoms with Crippen LogP contribution in [0.1, 0.15) is 11.1 Å². The minimum atomic E-state index is -0.619. The van der Waals surface area contributed by atoms with E-state index < -0.39 is 4.92 Å². The normalized spacial score (nSPS) is 11.1. The molecule has 0 saturated heterocycles. The highest BCUT2D eigenvalue weighted by atomic mass is 16.6. The second kappa shape index (κ2) is 6.42. The van der Waals surface area contributed by atoms with Gasteiger partial charge in [-0.1, -0.05) is 30.3 Å². The van der Waals surface area contributed by atoms with E-state index in [-0.39, 0.29) is 22.8 Å². The summed E-state index contributed by atoms with van der Waals surface area (Å²) in [6.45, 7) is 0.414. The lowest BCUT2D eigenvalue weighted by Gasteiger charge is -2.05. The summed E-state index contributed by atoms with van der Waals surface area (Å²) < 4.78 is 0. The Kier molecular flexibility index (Phi) is 4.40. The van der Waals surface area contributed by atoms with E-state index in [1.165, 1.54) is 18.3 Å². The van der Waals surface area contributed by atoms with Gasteiger partial charge < -0.3 is 15.5 Å². The zero-order valence-electron chi connectivity index (χ0n) is 11.1. The first-order chi connectivity index (χ1) is 10.1. The van der Waals surface area contributed by atoms with Gasteiger partial charge in [0.15, 0.2) is 0 Å². The fourth-order valence-corrected chi connectivity index (χ4v) is 1.82. The molecule has 2 aromatic rings. The number of nitro groups is 1. The van der Waals surface area contributed by atoms with Gasteiger partial charge in [0, 0.05) is 6.54 Å². The lowest BCUT2D eigenvalue weighted by Crippen LogP contribution is -2.09. The van der Waals surface area contributed by atoms with Crippen molar-refractivity contribution in [3.05, 3.63) is 76.0 Å². The fraction of sp³-hybridized carbons (Fsp3) is 0.0667. The van der Waals surface area contributed by atoms with Crippen LogP contribution in [-0.2, 0) is 6.54 Å². The van der Waals surface area contributed by atoms with Crippen molar-refractivity contribution in [2.75, 3.05) is 0 Å². The topological polar surface area (TPSA) is 95.6 Å². The summed E-state index contributed by atoms with van der Waals surface area (Å²) in [4.78, 5) is 10.5. The second-order valence-corrected chi connectivity index (χ2v) is 4.35. The molecule has 0 atom stereocenters. The monoisotopic (exact) mass is 286 g/mol. The molecule has 6 heteroatoms. The van der Waals surface area contributed by atoms with Crippen LogP contribution in [0.3, 0.4) is 0 Å². The van der Waals surface area contributed by atoms with Gasteiger partial charge in [-0.05, 0) is 23.8 Å². The maximum absolute atomic E-state index is 11.1. The third kappa shape index (κ3) is 3.73. The molecule has 108 valence electrons. The van der Waals surface area contributed by atoms with E-state index >= 15 is 0 Å². The zero-order valence-corrected chi connectivity index (χ0v) is 11.1. The summed E-state index contributed by atoms with van der Waals surface area (Å²) in [5, 5.41) is 33.0. The molecule has 6 nitrogen and oxygen atoms in total.